The third-order valence-corrected chi connectivity index (χ3v) is 4.58. The summed E-state index contributed by atoms with van der Waals surface area (Å²) in [6, 6.07) is 7.68. The Kier molecular flexibility index (Phi) is 5.65. The van der Waals surface area contributed by atoms with Crippen LogP contribution in [0.5, 0.6) is 0 Å². The number of aryl methyl sites for hydroxylation is 1. The molecule has 3 rings (SSSR count). The molecule has 130 valence electrons. The molecule has 0 spiro atoms. The number of aromatic nitrogens is 4. The molecule has 0 saturated carbocycles. The van der Waals surface area contributed by atoms with Crippen LogP contribution < -0.4 is 5.32 Å². The number of H-pyrrole nitrogens is 1. The first-order chi connectivity index (χ1) is 12.2. The van der Waals surface area contributed by atoms with Crippen LogP contribution in [0.3, 0.4) is 0 Å². The molecule has 2 heterocycles. The topological polar surface area (TPSA) is 83.6 Å². The van der Waals surface area contributed by atoms with Gasteiger partial charge in [0.15, 0.2) is 0 Å². The second-order valence-corrected chi connectivity index (χ2v) is 6.67. The molecule has 1 aromatic carbocycles. The molecular weight excluding hydrogens is 334 g/mol. The van der Waals surface area contributed by atoms with E-state index in [1.54, 1.807) is 24.2 Å². The van der Waals surface area contributed by atoms with Crippen molar-refractivity contribution in [2.45, 2.75) is 25.8 Å². The Morgan fingerprint density at radius 1 is 1.28 bits per heavy atom. The van der Waals surface area contributed by atoms with Crippen molar-refractivity contribution in [1.82, 2.24) is 25.3 Å². The van der Waals surface area contributed by atoms with E-state index >= 15 is 0 Å². The summed E-state index contributed by atoms with van der Waals surface area (Å²) in [5.74, 6) is 2.24. The van der Waals surface area contributed by atoms with Gasteiger partial charge in [0.05, 0.1) is 22.6 Å². The number of benzene rings is 1. The third-order valence-electron chi connectivity index (χ3n) is 3.94. The predicted octanol–water partition coefficient (Wildman–Crippen LogP) is 3.14. The van der Waals surface area contributed by atoms with E-state index in [9.17, 15) is 4.79 Å². The summed E-state index contributed by atoms with van der Waals surface area (Å²) in [5, 5.41) is 3.06. The van der Waals surface area contributed by atoms with E-state index in [4.69, 9.17) is 0 Å². The number of fused-ring (bicyclic) bond motifs is 1. The molecule has 0 radical (unpaired) electrons. The van der Waals surface area contributed by atoms with Crippen molar-refractivity contribution < 1.29 is 4.79 Å². The Morgan fingerprint density at radius 2 is 2.04 bits per heavy atom. The van der Waals surface area contributed by atoms with Gasteiger partial charge < -0.3 is 10.3 Å². The maximum absolute atomic E-state index is 12.6. The Morgan fingerprint density at radius 3 is 2.72 bits per heavy atom. The standard InChI is InChI=1S/C18H21N5OS/c1-3-16-19-10-12(11-20-16)18(24)23-15(8-9-25-2)17-21-13-6-4-5-7-14(13)22-17/h4-7,10-11,15H,3,8-9H2,1-2H3,(H,21,22)(H,23,24)/t15-/m1/s1. The summed E-state index contributed by atoms with van der Waals surface area (Å²) in [4.78, 5) is 28.9. The number of thioether (sulfide) groups is 1. The van der Waals surface area contributed by atoms with Gasteiger partial charge in [0.25, 0.3) is 5.91 Å². The highest BCUT2D eigenvalue weighted by Gasteiger charge is 2.19. The quantitative estimate of drug-likeness (QED) is 0.680. The van der Waals surface area contributed by atoms with Crippen LogP contribution in [0.2, 0.25) is 0 Å². The normalized spacial score (nSPS) is 12.2. The molecular formula is C18H21N5OS. The number of aromatic amines is 1. The van der Waals surface area contributed by atoms with Crippen LogP contribution in [0.25, 0.3) is 11.0 Å². The minimum absolute atomic E-state index is 0.182. The average Bonchev–Trinajstić information content (AvgIpc) is 3.09. The van der Waals surface area contributed by atoms with Crippen molar-refractivity contribution in [2.24, 2.45) is 0 Å². The molecule has 0 fully saturated rings. The van der Waals surface area contributed by atoms with Crippen LogP contribution in [0.4, 0.5) is 0 Å². The van der Waals surface area contributed by atoms with E-state index in [1.807, 2.05) is 31.2 Å². The zero-order valence-electron chi connectivity index (χ0n) is 14.3. The number of carbonyl (C=O) groups is 1. The summed E-state index contributed by atoms with van der Waals surface area (Å²) in [7, 11) is 0. The van der Waals surface area contributed by atoms with Crippen molar-refractivity contribution in [2.75, 3.05) is 12.0 Å². The van der Waals surface area contributed by atoms with E-state index in [0.717, 1.165) is 41.3 Å². The largest absolute Gasteiger partial charge is 0.342 e. The SMILES string of the molecule is CCc1ncc(C(=O)N[C@H](CCSC)c2nc3ccccc3[nH]2)cn1. The molecule has 0 aliphatic rings. The van der Waals surface area contributed by atoms with Crippen molar-refractivity contribution in [1.29, 1.82) is 0 Å². The van der Waals surface area contributed by atoms with Gasteiger partial charge in [0.1, 0.15) is 11.6 Å². The molecule has 7 heteroatoms. The molecule has 1 amide bonds. The van der Waals surface area contributed by atoms with Gasteiger partial charge in [-0.1, -0.05) is 19.1 Å². The van der Waals surface area contributed by atoms with Gasteiger partial charge in [-0.3, -0.25) is 4.79 Å². The molecule has 0 saturated heterocycles. The minimum atomic E-state index is -0.186. The number of hydrogen-bond acceptors (Lipinski definition) is 5. The Labute approximate surface area is 150 Å². The number of nitrogens with one attached hydrogen (secondary N) is 2. The van der Waals surface area contributed by atoms with Crippen molar-refractivity contribution in [3.8, 4) is 0 Å². The van der Waals surface area contributed by atoms with Crippen LogP contribution in [0, 0.1) is 0 Å². The highest BCUT2D eigenvalue weighted by Crippen LogP contribution is 2.20. The summed E-state index contributed by atoms with van der Waals surface area (Å²) in [6.45, 7) is 1.98. The summed E-state index contributed by atoms with van der Waals surface area (Å²) < 4.78 is 0. The molecule has 2 N–H and O–H groups in total. The minimum Gasteiger partial charge on any atom is -0.342 e. The van der Waals surface area contributed by atoms with Crippen LogP contribution in [-0.4, -0.2) is 37.9 Å². The average molecular weight is 355 g/mol. The Hall–Kier alpha value is -2.41. The second-order valence-electron chi connectivity index (χ2n) is 5.69. The first-order valence-corrected chi connectivity index (χ1v) is 9.66. The fourth-order valence-corrected chi connectivity index (χ4v) is 3.02. The summed E-state index contributed by atoms with van der Waals surface area (Å²) >= 11 is 1.74. The van der Waals surface area contributed by atoms with Gasteiger partial charge in [-0.15, -0.1) is 0 Å². The predicted molar refractivity (Wildman–Crippen MR) is 101 cm³/mol. The molecule has 6 nitrogen and oxygen atoms in total. The lowest BCUT2D eigenvalue weighted by atomic mass is 10.2. The fraction of sp³-hybridized carbons (Fsp3) is 0.333. The van der Waals surface area contributed by atoms with Gasteiger partial charge in [0.2, 0.25) is 0 Å². The lowest BCUT2D eigenvalue weighted by molar-refractivity contribution is 0.0933. The van der Waals surface area contributed by atoms with E-state index < -0.39 is 0 Å². The maximum Gasteiger partial charge on any atom is 0.255 e. The number of imidazole rings is 1. The maximum atomic E-state index is 12.6. The van der Waals surface area contributed by atoms with E-state index in [1.165, 1.54) is 0 Å². The van der Waals surface area contributed by atoms with Gasteiger partial charge in [-0.25, -0.2) is 15.0 Å². The smallest absolute Gasteiger partial charge is 0.255 e. The number of nitrogens with zero attached hydrogens (tertiary/aromatic N) is 3. The summed E-state index contributed by atoms with van der Waals surface area (Å²) in [5.41, 5.74) is 2.33. The molecule has 2 aromatic heterocycles. The fourth-order valence-electron chi connectivity index (χ4n) is 2.55. The van der Waals surface area contributed by atoms with Crippen LogP contribution in [0.15, 0.2) is 36.7 Å². The third kappa shape index (κ3) is 4.17. The Balaban J connectivity index is 1.80. The van der Waals surface area contributed by atoms with Crippen LogP contribution in [0.1, 0.15) is 41.4 Å². The number of amides is 1. The molecule has 1 atom stereocenters. The molecule has 0 unspecified atom stereocenters. The van der Waals surface area contributed by atoms with Gasteiger partial charge in [-0.05, 0) is 30.6 Å². The highest BCUT2D eigenvalue weighted by atomic mass is 32.2. The molecule has 0 bridgehead atoms. The number of hydrogen-bond donors (Lipinski definition) is 2. The molecule has 3 aromatic rings. The van der Waals surface area contributed by atoms with Crippen molar-refractivity contribution >= 4 is 28.7 Å². The molecule has 25 heavy (non-hydrogen) atoms. The Bertz CT molecular complexity index is 813. The number of rotatable bonds is 7. The zero-order chi connectivity index (χ0) is 17.6. The van der Waals surface area contributed by atoms with Crippen LogP contribution in [-0.2, 0) is 6.42 Å². The number of carbonyl (C=O) groups excluding carboxylic acids is 1. The second kappa shape index (κ2) is 8.11. The molecule has 0 aliphatic carbocycles. The van der Waals surface area contributed by atoms with E-state index in [-0.39, 0.29) is 11.9 Å². The first-order valence-electron chi connectivity index (χ1n) is 8.26. The lowest BCUT2D eigenvalue weighted by Gasteiger charge is -2.16. The lowest BCUT2D eigenvalue weighted by Crippen LogP contribution is -2.30. The monoisotopic (exact) mass is 355 g/mol. The molecule has 0 aliphatic heterocycles. The van der Waals surface area contributed by atoms with Crippen molar-refractivity contribution in [3.05, 3.63) is 53.9 Å². The van der Waals surface area contributed by atoms with Gasteiger partial charge in [-0.2, -0.15) is 11.8 Å². The highest BCUT2D eigenvalue weighted by molar-refractivity contribution is 7.98. The van der Waals surface area contributed by atoms with E-state index in [2.05, 4.69) is 31.5 Å². The van der Waals surface area contributed by atoms with Crippen molar-refractivity contribution in [3.63, 3.8) is 0 Å². The first kappa shape index (κ1) is 17.4. The van der Waals surface area contributed by atoms with E-state index in [0.29, 0.717) is 5.56 Å². The van der Waals surface area contributed by atoms with Gasteiger partial charge >= 0.3 is 0 Å². The zero-order valence-corrected chi connectivity index (χ0v) is 15.1. The summed E-state index contributed by atoms with van der Waals surface area (Å²) in [6.07, 6.45) is 6.74. The number of para-hydroxylation sites is 2. The van der Waals surface area contributed by atoms with Crippen LogP contribution >= 0.6 is 11.8 Å². The van der Waals surface area contributed by atoms with Gasteiger partial charge in [0, 0.05) is 18.8 Å².